The number of methoxy groups -OCH3 is 1. The Labute approximate surface area is 124 Å². The zero-order chi connectivity index (χ0) is 15.6. The van der Waals surface area contributed by atoms with Crippen LogP contribution in [0.25, 0.3) is 0 Å². The molecule has 0 aliphatic heterocycles. The second kappa shape index (κ2) is 5.76. The number of nitrogens with zero attached hydrogens (tertiary/aromatic N) is 1. The van der Waals surface area contributed by atoms with Gasteiger partial charge in [0.1, 0.15) is 12.3 Å². The van der Waals surface area contributed by atoms with Gasteiger partial charge in [-0.2, -0.15) is 0 Å². The molecular formula is C16H21NO4. The van der Waals surface area contributed by atoms with E-state index in [1.54, 1.807) is 14.0 Å². The first-order chi connectivity index (χ1) is 9.94. The summed E-state index contributed by atoms with van der Waals surface area (Å²) in [5.41, 5.74) is 1.37. The zero-order valence-electron chi connectivity index (χ0n) is 12.7. The van der Waals surface area contributed by atoms with E-state index in [1.807, 2.05) is 25.1 Å². The number of ether oxygens (including phenoxy) is 1. The van der Waals surface area contributed by atoms with Crippen molar-refractivity contribution in [2.24, 2.45) is 0 Å². The van der Waals surface area contributed by atoms with Crippen molar-refractivity contribution in [3.05, 3.63) is 29.3 Å². The molecule has 2 rings (SSSR count). The lowest BCUT2D eigenvalue weighted by atomic mass is 9.93. The second-order valence-corrected chi connectivity index (χ2v) is 5.48. The maximum atomic E-state index is 12.7. The van der Waals surface area contributed by atoms with Gasteiger partial charge >= 0.3 is 5.97 Å². The molecule has 1 aromatic carbocycles. The monoisotopic (exact) mass is 291 g/mol. The number of carbonyl (C=O) groups excluding carboxylic acids is 1. The number of aryl methyl sites for hydroxylation is 1. The number of amides is 1. The minimum absolute atomic E-state index is 0.0988. The van der Waals surface area contributed by atoms with Crippen LogP contribution in [0.1, 0.15) is 30.9 Å². The number of rotatable bonds is 6. The van der Waals surface area contributed by atoms with Crippen LogP contribution in [0.2, 0.25) is 0 Å². The molecule has 0 spiro atoms. The highest BCUT2D eigenvalue weighted by Crippen LogP contribution is 2.50. The number of carboxylic acids is 1. The van der Waals surface area contributed by atoms with Gasteiger partial charge < -0.3 is 14.7 Å². The van der Waals surface area contributed by atoms with Crippen molar-refractivity contribution < 1.29 is 19.4 Å². The molecule has 1 amide bonds. The van der Waals surface area contributed by atoms with Crippen molar-refractivity contribution in [1.82, 2.24) is 4.90 Å². The van der Waals surface area contributed by atoms with Crippen molar-refractivity contribution in [2.45, 2.75) is 32.1 Å². The summed E-state index contributed by atoms with van der Waals surface area (Å²) in [5, 5.41) is 8.93. The lowest BCUT2D eigenvalue weighted by Gasteiger charge is -2.25. The number of carboxylic acid groups (broad SMARTS) is 1. The molecule has 5 heteroatoms. The summed E-state index contributed by atoms with van der Waals surface area (Å²) in [4.78, 5) is 25.0. The van der Waals surface area contributed by atoms with Crippen LogP contribution in [-0.2, 0) is 15.0 Å². The van der Waals surface area contributed by atoms with E-state index in [0.29, 0.717) is 6.54 Å². The second-order valence-electron chi connectivity index (χ2n) is 5.48. The van der Waals surface area contributed by atoms with Crippen LogP contribution in [0, 0.1) is 6.92 Å². The average molecular weight is 291 g/mol. The molecule has 0 atom stereocenters. The van der Waals surface area contributed by atoms with Gasteiger partial charge in [-0.25, -0.2) is 0 Å². The Morgan fingerprint density at radius 3 is 2.52 bits per heavy atom. The number of hydrogen-bond donors (Lipinski definition) is 1. The highest BCUT2D eigenvalue weighted by Gasteiger charge is 2.53. The Morgan fingerprint density at radius 2 is 2.05 bits per heavy atom. The molecule has 1 aliphatic carbocycles. The molecule has 0 heterocycles. The van der Waals surface area contributed by atoms with Gasteiger partial charge in [-0.15, -0.1) is 0 Å². The van der Waals surface area contributed by atoms with Crippen molar-refractivity contribution >= 4 is 11.9 Å². The molecule has 1 N–H and O–H groups in total. The Kier molecular flexibility index (Phi) is 4.21. The van der Waals surface area contributed by atoms with Gasteiger partial charge in [-0.3, -0.25) is 9.59 Å². The topological polar surface area (TPSA) is 66.8 Å². The van der Waals surface area contributed by atoms with Crippen LogP contribution in [0.4, 0.5) is 0 Å². The molecule has 1 fully saturated rings. The van der Waals surface area contributed by atoms with Crippen molar-refractivity contribution in [2.75, 3.05) is 20.2 Å². The van der Waals surface area contributed by atoms with E-state index in [2.05, 4.69) is 0 Å². The first-order valence-corrected chi connectivity index (χ1v) is 7.11. The summed E-state index contributed by atoms with van der Waals surface area (Å²) < 4.78 is 5.32. The largest absolute Gasteiger partial charge is 0.496 e. The number of benzene rings is 1. The Hall–Kier alpha value is -2.04. The van der Waals surface area contributed by atoms with Gasteiger partial charge in [0.05, 0.1) is 12.5 Å². The van der Waals surface area contributed by atoms with Gasteiger partial charge in [-0.05, 0) is 43.9 Å². The predicted octanol–water partition coefficient (Wildman–Crippen LogP) is 1.97. The Balaban J connectivity index is 2.29. The van der Waals surface area contributed by atoms with Crippen LogP contribution < -0.4 is 4.74 Å². The molecule has 0 unspecified atom stereocenters. The van der Waals surface area contributed by atoms with E-state index < -0.39 is 11.4 Å². The number of aliphatic carboxylic acids is 1. The van der Waals surface area contributed by atoms with Gasteiger partial charge in [0.2, 0.25) is 5.91 Å². The fourth-order valence-corrected chi connectivity index (χ4v) is 2.66. The standard InChI is InChI=1S/C16H21NO4/c1-4-17(10-14(18)19)15(20)16(7-8-16)12-6-5-11(2)13(9-12)21-3/h5-6,9H,4,7-8,10H2,1-3H3,(H,18,19). The summed E-state index contributed by atoms with van der Waals surface area (Å²) in [6.07, 6.45) is 1.52. The van der Waals surface area contributed by atoms with Gasteiger partial charge in [0.15, 0.2) is 0 Å². The fraction of sp³-hybridized carbons (Fsp3) is 0.500. The molecule has 1 aromatic rings. The third-order valence-corrected chi connectivity index (χ3v) is 4.12. The third-order valence-electron chi connectivity index (χ3n) is 4.12. The van der Waals surface area contributed by atoms with E-state index >= 15 is 0 Å². The van der Waals surface area contributed by atoms with Gasteiger partial charge in [0.25, 0.3) is 0 Å². The fourth-order valence-electron chi connectivity index (χ4n) is 2.66. The first kappa shape index (κ1) is 15.4. The van der Waals surface area contributed by atoms with Crippen LogP contribution in [0.15, 0.2) is 18.2 Å². The van der Waals surface area contributed by atoms with Gasteiger partial charge in [-0.1, -0.05) is 12.1 Å². The molecule has 21 heavy (non-hydrogen) atoms. The molecule has 0 bridgehead atoms. The number of carbonyl (C=O) groups is 2. The van der Waals surface area contributed by atoms with E-state index in [-0.39, 0.29) is 12.5 Å². The Morgan fingerprint density at radius 1 is 1.38 bits per heavy atom. The summed E-state index contributed by atoms with van der Waals surface area (Å²) in [5.74, 6) is -0.325. The smallest absolute Gasteiger partial charge is 0.323 e. The molecule has 0 radical (unpaired) electrons. The van der Waals surface area contributed by atoms with Crippen molar-refractivity contribution in [3.8, 4) is 5.75 Å². The molecule has 0 saturated heterocycles. The maximum absolute atomic E-state index is 12.7. The van der Waals surface area contributed by atoms with Crippen molar-refractivity contribution in [1.29, 1.82) is 0 Å². The average Bonchev–Trinajstić information content (AvgIpc) is 3.26. The number of likely N-dealkylation sites (N-methyl/N-ethyl adjacent to an activating group) is 1. The highest BCUT2D eigenvalue weighted by molar-refractivity contribution is 5.93. The molecule has 1 aliphatic rings. The van der Waals surface area contributed by atoms with Crippen LogP contribution in [0.5, 0.6) is 5.75 Å². The minimum atomic E-state index is -0.984. The Bertz CT molecular complexity index is 563. The molecule has 114 valence electrons. The zero-order valence-corrected chi connectivity index (χ0v) is 12.7. The quantitative estimate of drug-likeness (QED) is 0.870. The van der Waals surface area contributed by atoms with E-state index in [0.717, 1.165) is 29.7 Å². The minimum Gasteiger partial charge on any atom is -0.496 e. The van der Waals surface area contributed by atoms with E-state index in [9.17, 15) is 9.59 Å². The van der Waals surface area contributed by atoms with Crippen LogP contribution >= 0.6 is 0 Å². The molecule has 0 aromatic heterocycles. The number of hydrogen-bond acceptors (Lipinski definition) is 3. The van der Waals surface area contributed by atoms with Crippen molar-refractivity contribution in [3.63, 3.8) is 0 Å². The summed E-state index contributed by atoms with van der Waals surface area (Å²) in [7, 11) is 1.61. The molecule has 5 nitrogen and oxygen atoms in total. The van der Waals surface area contributed by atoms with E-state index in [4.69, 9.17) is 9.84 Å². The lowest BCUT2D eigenvalue weighted by Crippen LogP contribution is -2.42. The SMILES string of the molecule is CCN(CC(=O)O)C(=O)C1(c2ccc(C)c(OC)c2)CC1. The summed E-state index contributed by atoms with van der Waals surface area (Å²) in [6.45, 7) is 3.90. The predicted molar refractivity (Wildman–Crippen MR) is 78.5 cm³/mol. The van der Waals surface area contributed by atoms with Crippen LogP contribution in [-0.4, -0.2) is 42.1 Å². The third kappa shape index (κ3) is 2.86. The highest BCUT2D eigenvalue weighted by atomic mass is 16.5. The van der Waals surface area contributed by atoms with E-state index in [1.165, 1.54) is 4.90 Å². The summed E-state index contributed by atoms with van der Waals surface area (Å²) in [6, 6.07) is 5.78. The summed E-state index contributed by atoms with van der Waals surface area (Å²) >= 11 is 0. The maximum Gasteiger partial charge on any atom is 0.323 e. The van der Waals surface area contributed by atoms with Crippen LogP contribution in [0.3, 0.4) is 0 Å². The molecule has 1 saturated carbocycles. The normalized spacial score (nSPS) is 15.4. The van der Waals surface area contributed by atoms with Gasteiger partial charge in [0, 0.05) is 6.54 Å². The lowest BCUT2D eigenvalue weighted by molar-refractivity contribution is -0.145. The first-order valence-electron chi connectivity index (χ1n) is 7.11. The molecular weight excluding hydrogens is 270 g/mol.